The molecule has 0 aliphatic heterocycles. The largest absolute Gasteiger partial charge is 0.382 e. The van der Waals surface area contributed by atoms with E-state index in [4.69, 9.17) is 4.74 Å². The molecule has 0 spiro atoms. The second-order valence-electron chi connectivity index (χ2n) is 6.34. The third-order valence-corrected chi connectivity index (χ3v) is 5.25. The van der Waals surface area contributed by atoms with Crippen molar-refractivity contribution in [2.75, 3.05) is 13.2 Å². The van der Waals surface area contributed by atoms with Crippen molar-refractivity contribution in [2.24, 2.45) is 0 Å². The second-order valence-corrected chi connectivity index (χ2v) is 7.37. The minimum atomic E-state index is -0.178. The van der Waals surface area contributed by atoms with Crippen molar-refractivity contribution in [3.05, 3.63) is 54.9 Å². The van der Waals surface area contributed by atoms with Crippen LogP contribution in [0.2, 0.25) is 0 Å². The number of hydrogen-bond donors (Lipinski definition) is 0. The maximum absolute atomic E-state index is 12.8. The third-order valence-electron chi connectivity index (χ3n) is 4.12. The normalized spacial score (nSPS) is 11.4. The van der Waals surface area contributed by atoms with Gasteiger partial charge < -0.3 is 4.74 Å². The molecule has 1 aromatic carbocycles. The lowest BCUT2D eigenvalue weighted by molar-refractivity contribution is 0.141. The van der Waals surface area contributed by atoms with Crippen molar-refractivity contribution in [3.63, 3.8) is 0 Å². The lowest BCUT2D eigenvalue weighted by Crippen LogP contribution is -2.32. The molecule has 0 saturated heterocycles. The van der Waals surface area contributed by atoms with Crippen molar-refractivity contribution in [3.8, 4) is 12.1 Å². The summed E-state index contributed by atoms with van der Waals surface area (Å²) in [6.45, 7) is 7.74. The molecule has 5 nitrogen and oxygen atoms in total. The molecule has 0 fully saturated rings. The summed E-state index contributed by atoms with van der Waals surface area (Å²) in [5.74, 6) is 0.443. The van der Waals surface area contributed by atoms with Crippen LogP contribution in [0.1, 0.15) is 44.2 Å². The van der Waals surface area contributed by atoms with Crippen LogP contribution >= 0.6 is 11.3 Å². The zero-order chi connectivity index (χ0) is 19.8. The van der Waals surface area contributed by atoms with Gasteiger partial charge in [-0.2, -0.15) is 10.5 Å². The van der Waals surface area contributed by atoms with Gasteiger partial charge in [0.1, 0.15) is 16.8 Å². The highest BCUT2D eigenvalue weighted by atomic mass is 32.1. The molecule has 1 heterocycles. The van der Waals surface area contributed by atoms with Crippen molar-refractivity contribution < 1.29 is 4.74 Å². The molecule has 0 saturated carbocycles. The number of hydrogen-bond acceptors (Lipinski definition) is 5. The zero-order valence-electron chi connectivity index (χ0n) is 15.9. The number of nitrogens with zero attached hydrogens (tertiary/aromatic N) is 3. The summed E-state index contributed by atoms with van der Waals surface area (Å²) in [5.41, 5.74) is 1.93. The summed E-state index contributed by atoms with van der Waals surface area (Å²) in [6.07, 6.45) is 2.45. The molecule has 0 radical (unpaired) electrons. The molecule has 0 aliphatic rings. The maximum Gasteiger partial charge on any atom is 0.269 e. The summed E-state index contributed by atoms with van der Waals surface area (Å²) in [4.78, 5) is 12.8. The lowest BCUT2D eigenvalue weighted by atomic mass is 10.0. The minimum Gasteiger partial charge on any atom is -0.382 e. The standard InChI is InChI=1S/C21H23N3O2S/c1-4-26-11-5-10-24-20(25)19(27-21(24)18(13-22)14-23)12-16-6-8-17(9-7-16)15(2)3/h6-9,12,15H,4-5,10-11H2,1-3H3/b19-12+. The van der Waals surface area contributed by atoms with E-state index in [1.54, 1.807) is 0 Å². The van der Waals surface area contributed by atoms with Crippen LogP contribution in [0.25, 0.3) is 11.6 Å². The Hall–Kier alpha value is -2.67. The van der Waals surface area contributed by atoms with E-state index in [-0.39, 0.29) is 11.1 Å². The first-order valence-electron chi connectivity index (χ1n) is 8.95. The Labute approximate surface area is 163 Å². The van der Waals surface area contributed by atoms with Gasteiger partial charge >= 0.3 is 0 Å². The van der Waals surface area contributed by atoms with Gasteiger partial charge in [-0.25, -0.2) is 0 Å². The van der Waals surface area contributed by atoms with Crippen molar-refractivity contribution in [1.29, 1.82) is 10.5 Å². The molecule has 2 rings (SSSR count). The maximum atomic E-state index is 12.8. The van der Waals surface area contributed by atoms with Gasteiger partial charge in [0.15, 0.2) is 5.57 Å². The van der Waals surface area contributed by atoms with Crippen molar-refractivity contribution in [1.82, 2.24) is 4.57 Å². The van der Waals surface area contributed by atoms with Crippen LogP contribution in [-0.4, -0.2) is 17.8 Å². The monoisotopic (exact) mass is 381 g/mol. The molecule has 0 amide bonds. The van der Waals surface area contributed by atoms with Gasteiger partial charge in [-0.3, -0.25) is 9.36 Å². The van der Waals surface area contributed by atoms with Gasteiger partial charge in [0, 0.05) is 19.8 Å². The molecule has 6 heteroatoms. The van der Waals surface area contributed by atoms with E-state index >= 15 is 0 Å². The van der Waals surface area contributed by atoms with E-state index in [0.717, 1.165) is 5.56 Å². The average Bonchev–Trinajstić information content (AvgIpc) is 2.96. The first-order valence-corrected chi connectivity index (χ1v) is 9.77. The molecule has 0 unspecified atom stereocenters. The van der Waals surface area contributed by atoms with E-state index < -0.39 is 0 Å². The van der Waals surface area contributed by atoms with Crippen molar-refractivity contribution >= 4 is 23.0 Å². The molecule has 0 atom stereocenters. The minimum absolute atomic E-state index is 0.0386. The van der Waals surface area contributed by atoms with Crippen molar-refractivity contribution in [2.45, 2.75) is 39.7 Å². The van der Waals surface area contributed by atoms with Crippen LogP contribution in [0, 0.1) is 22.7 Å². The fourth-order valence-electron chi connectivity index (χ4n) is 2.63. The predicted molar refractivity (Wildman–Crippen MR) is 108 cm³/mol. The van der Waals surface area contributed by atoms with E-state index in [1.807, 2.05) is 49.4 Å². The molecule has 1 aromatic heterocycles. The number of benzene rings is 1. The van der Waals surface area contributed by atoms with Crippen LogP contribution in [0.4, 0.5) is 0 Å². The van der Waals surface area contributed by atoms with Crippen LogP contribution in [-0.2, 0) is 11.3 Å². The topological polar surface area (TPSA) is 78.8 Å². The quantitative estimate of drug-likeness (QED) is 0.690. The molecular formula is C21H23N3O2S. The second kappa shape index (κ2) is 9.87. The molecule has 0 bridgehead atoms. The van der Waals surface area contributed by atoms with E-state index in [9.17, 15) is 15.3 Å². The number of thiazole rings is 1. The third kappa shape index (κ3) is 5.17. The molecular weight excluding hydrogens is 358 g/mol. The first-order chi connectivity index (χ1) is 13.0. The number of aromatic nitrogens is 1. The highest BCUT2D eigenvalue weighted by molar-refractivity contribution is 7.07. The van der Waals surface area contributed by atoms with Crippen LogP contribution in [0.3, 0.4) is 0 Å². The van der Waals surface area contributed by atoms with Gasteiger partial charge in [-0.05, 0) is 36.5 Å². The smallest absolute Gasteiger partial charge is 0.269 e. The van der Waals surface area contributed by atoms with Crippen LogP contribution < -0.4 is 14.8 Å². The average molecular weight is 382 g/mol. The van der Waals surface area contributed by atoms with Crippen LogP contribution in [0.5, 0.6) is 0 Å². The Morgan fingerprint density at radius 3 is 2.48 bits per heavy atom. The fourth-order valence-corrected chi connectivity index (χ4v) is 3.71. The number of nitriles is 2. The predicted octanol–water partition coefficient (Wildman–Crippen LogP) is 2.49. The molecule has 27 heavy (non-hydrogen) atoms. The Kier molecular flexibility index (Phi) is 7.55. The van der Waals surface area contributed by atoms with Gasteiger partial charge in [0.05, 0.1) is 4.53 Å². The molecule has 2 aromatic rings. The van der Waals surface area contributed by atoms with Gasteiger partial charge in [-0.15, -0.1) is 11.3 Å². The Morgan fingerprint density at radius 1 is 1.26 bits per heavy atom. The van der Waals surface area contributed by atoms with E-state index in [2.05, 4.69) is 13.8 Å². The van der Waals surface area contributed by atoms with Gasteiger partial charge in [-0.1, -0.05) is 38.1 Å². The van der Waals surface area contributed by atoms with E-state index in [1.165, 1.54) is 21.5 Å². The molecule has 140 valence electrons. The highest BCUT2D eigenvalue weighted by Crippen LogP contribution is 2.14. The molecule has 0 aliphatic carbocycles. The summed E-state index contributed by atoms with van der Waals surface area (Å²) < 4.78 is 7.76. The fraction of sp³-hybridized carbons (Fsp3) is 0.381. The van der Waals surface area contributed by atoms with Gasteiger partial charge in [0.25, 0.3) is 5.56 Å². The van der Waals surface area contributed by atoms with Gasteiger partial charge in [0.2, 0.25) is 0 Å². The summed E-state index contributed by atoms with van der Waals surface area (Å²) in [5, 5.41) is 18.5. The molecule has 0 N–H and O–H groups in total. The Balaban J connectivity index is 2.52. The number of rotatable bonds is 7. The highest BCUT2D eigenvalue weighted by Gasteiger charge is 2.09. The lowest BCUT2D eigenvalue weighted by Gasteiger charge is -2.04. The SMILES string of the molecule is CCOCCCn1c(=C(C#N)C#N)s/c(=C/c2ccc(C(C)C)cc2)c1=O. The Morgan fingerprint density at radius 2 is 1.93 bits per heavy atom. The van der Waals surface area contributed by atoms with Crippen LogP contribution in [0.15, 0.2) is 29.1 Å². The summed E-state index contributed by atoms with van der Waals surface area (Å²) in [7, 11) is 0. The number of ether oxygens (including phenoxy) is 1. The van der Waals surface area contributed by atoms with E-state index in [0.29, 0.717) is 41.3 Å². The summed E-state index contributed by atoms with van der Waals surface area (Å²) in [6, 6.07) is 11.8. The first kappa shape index (κ1) is 20.6. The summed E-state index contributed by atoms with van der Waals surface area (Å²) >= 11 is 1.18. The Bertz CT molecular complexity index is 1020. The zero-order valence-corrected chi connectivity index (χ0v) is 16.7.